The van der Waals surface area contributed by atoms with Crippen LogP contribution in [0.1, 0.15) is 23.5 Å². The van der Waals surface area contributed by atoms with Gasteiger partial charge in [0.15, 0.2) is 11.5 Å². The maximum atomic E-state index is 11.9. The maximum absolute atomic E-state index is 11.9. The maximum Gasteiger partial charge on any atom is 0.261 e. The van der Waals surface area contributed by atoms with E-state index in [1.807, 2.05) is 19.9 Å². The summed E-state index contributed by atoms with van der Waals surface area (Å²) in [5.41, 5.74) is 0.910. The number of rotatable bonds is 4. The van der Waals surface area contributed by atoms with Crippen LogP contribution >= 0.6 is 11.3 Å². The molecule has 2 aromatic rings. The van der Waals surface area contributed by atoms with Gasteiger partial charge in [-0.05, 0) is 49.7 Å². The Morgan fingerprint density at radius 1 is 1.30 bits per heavy atom. The van der Waals surface area contributed by atoms with Gasteiger partial charge in [0.25, 0.3) is 5.91 Å². The van der Waals surface area contributed by atoms with Gasteiger partial charge < -0.3 is 15.2 Å². The summed E-state index contributed by atoms with van der Waals surface area (Å²) in [5, 5.41) is 12.5. The zero-order valence-corrected chi connectivity index (χ0v) is 12.5. The van der Waals surface area contributed by atoms with Crippen LogP contribution in [0.15, 0.2) is 30.3 Å². The molecule has 106 valence electrons. The molecule has 0 fully saturated rings. The van der Waals surface area contributed by atoms with E-state index in [0.29, 0.717) is 10.6 Å². The molecule has 0 saturated heterocycles. The summed E-state index contributed by atoms with van der Waals surface area (Å²) in [5.74, 6) is 0.455. The Labute approximate surface area is 122 Å². The monoisotopic (exact) mass is 291 g/mol. The minimum atomic E-state index is -0.0676. The Hall–Kier alpha value is -2.01. The van der Waals surface area contributed by atoms with E-state index in [0.717, 1.165) is 10.4 Å². The van der Waals surface area contributed by atoms with Gasteiger partial charge in [0.05, 0.1) is 12.0 Å². The van der Waals surface area contributed by atoms with Gasteiger partial charge in [0.1, 0.15) is 0 Å². The van der Waals surface area contributed by atoms with E-state index < -0.39 is 0 Å². The average molecular weight is 291 g/mol. The highest BCUT2D eigenvalue weighted by atomic mass is 32.1. The van der Waals surface area contributed by atoms with E-state index in [-0.39, 0.29) is 17.7 Å². The summed E-state index contributed by atoms with van der Waals surface area (Å²) < 4.78 is 5.09. The fourth-order valence-electron chi connectivity index (χ4n) is 1.78. The highest BCUT2D eigenvalue weighted by Gasteiger charge is 2.12. The largest absolute Gasteiger partial charge is 0.504 e. The number of hydrogen-bond acceptors (Lipinski definition) is 4. The third kappa shape index (κ3) is 3.11. The van der Waals surface area contributed by atoms with Gasteiger partial charge in [0, 0.05) is 10.9 Å². The van der Waals surface area contributed by atoms with Crippen LogP contribution in [-0.2, 0) is 0 Å². The van der Waals surface area contributed by atoms with Gasteiger partial charge in [0.2, 0.25) is 0 Å². The molecule has 1 heterocycles. The molecule has 1 aromatic carbocycles. The molecule has 20 heavy (non-hydrogen) atoms. The lowest BCUT2D eigenvalue weighted by Gasteiger charge is -2.06. The second kappa shape index (κ2) is 5.96. The predicted molar refractivity (Wildman–Crippen MR) is 80.6 cm³/mol. The van der Waals surface area contributed by atoms with Gasteiger partial charge in [-0.2, -0.15) is 0 Å². The molecule has 0 saturated carbocycles. The highest BCUT2D eigenvalue weighted by Crippen LogP contribution is 2.34. The molecule has 0 atom stereocenters. The predicted octanol–water partition coefficient (Wildman–Crippen LogP) is 3.27. The third-order valence-electron chi connectivity index (χ3n) is 2.71. The number of amides is 1. The van der Waals surface area contributed by atoms with Gasteiger partial charge in [-0.15, -0.1) is 11.3 Å². The zero-order chi connectivity index (χ0) is 14.7. The SMILES string of the molecule is COc1cc(-c2ccc(C(=O)NC(C)C)s2)ccc1O. The lowest BCUT2D eigenvalue weighted by molar-refractivity contribution is 0.0947. The molecule has 0 bridgehead atoms. The van der Waals surface area contributed by atoms with Gasteiger partial charge >= 0.3 is 0 Å². The number of aromatic hydroxyl groups is 1. The molecule has 1 amide bonds. The van der Waals surface area contributed by atoms with E-state index in [1.165, 1.54) is 18.4 Å². The normalized spacial score (nSPS) is 10.6. The van der Waals surface area contributed by atoms with E-state index in [2.05, 4.69) is 5.32 Å². The Morgan fingerprint density at radius 3 is 2.70 bits per heavy atom. The van der Waals surface area contributed by atoms with E-state index in [4.69, 9.17) is 4.74 Å². The molecule has 1 aromatic heterocycles. The number of phenols is 1. The Morgan fingerprint density at radius 2 is 2.05 bits per heavy atom. The van der Waals surface area contributed by atoms with Crippen LogP contribution in [-0.4, -0.2) is 24.2 Å². The van der Waals surface area contributed by atoms with Crippen molar-refractivity contribution in [2.45, 2.75) is 19.9 Å². The minimum absolute atomic E-state index is 0.0676. The molecule has 2 N–H and O–H groups in total. The van der Waals surface area contributed by atoms with Gasteiger partial charge in [-0.1, -0.05) is 0 Å². The van der Waals surface area contributed by atoms with Crippen molar-refractivity contribution in [3.8, 4) is 21.9 Å². The molecular formula is C15H17NO3S. The van der Waals surface area contributed by atoms with Gasteiger partial charge in [-0.25, -0.2) is 0 Å². The summed E-state index contributed by atoms with van der Waals surface area (Å²) in [6, 6.07) is 8.95. The first-order valence-corrected chi connectivity index (χ1v) is 7.11. The second-order valence-electron chi connectivity index (χ2n) is 4.68. The van der Waals surface area contributed by atoms with Crippen molar-refractivity contribution in [2.75, 3.05) is 7.11 Å². The number of ether oxygens (including phenoxy) is 1. The van der Waals surface area contributed by atoms with Crippen LogP contribution in [0.5, 0.6) is 11.5 Å². The first kappa shape index (κ1) is 14.4. The Kier molecular flexibility index (Phi) is 4.29. The molecule has 0 aliphatic carbocycles. The van der Waals surface area contributed by atoms with E-state index in [9.17, 15) is 9.90 Å². The molecule has 4 nitrogen and oxygen atoms in total. The van der Waals surface area contributed by atoms with Crippen molar-refractivity contribution in [2.24, 2.45) is 0 Å². The standard InChI is InChI=1S/C15H17NO3S/c1-9(2)16-15(18)14-7-6-13(20-14)10-4-5-11(17)12(8-10)19-3/h4-9,17H,1-3H3,(H,16,18). The molecule has 5 heteroatoms. The van der Waals surface area contributed by atoms with Gasteiger partial charge in [-0.3, -0.25) is 4.79 Å². The molecule has 0 aliphatic heterocycles. The lowest BCUT2D eigenvalue weighted by atomic mass is 10.1. The average Bonchev–Trinajstić information content (AvgIpc) is 2.88. The van der Waals surface area contributed by atoms with Crippen LogP contribution in [0.3, 0.4) is 0 Å². The Balaban J connectivity index is 2.26. The lowest BCUT2D eigenvalue weighted by Crippen LogP contribution is -2.29. The minimum Gasteiger partial charge on any atom is -0.504 e. The smallest absolute Gasteiger partial charge is 0.261 e. The van der Waals surface area contributed by atoms with Crippen LogP contribution in [0.2, 0.25) is 0 Å². The fourth-order valence-corrected chi connectivity index (χ4v) is 2.68. The van der Waals surface area contributed by atoms with Crippen LogP contribution in [0.4, 0.5) is 0 Å². The van der Waals surface area contributed by atoms with Crippen molar-refractivity contribution in [3.05, 3.63) is 35.2 Å². The fraction of sp³-hybridized carbons (Fsp3) is 0.267. The molecule has 0 spiro atoms. The number of phenolic OH excluding ortho intramolecular Hbond substituents is 1. The Bertz CT molecular complexity index is 619. The van der Waals surface area contributed by atoms with Crippen LogP contribution < -0.4 is 10.1 Å². The number of carbonyl (C=O) groups is 1. The topological polar surface area (TPSA) is 58.6 Å². The summed E-state index contributed by atoms with van der Waals surface area (Å²) >= 11 is 1.41. The number of nitrogens with one attached hydrogen (secondary N) is 1. The molecule has 0 unspecified atom stereocenters. The quantitative estimate of drug-likeness (QED) is 0.909. The summed E-state index contributed by atoms with van der Waals surface area (Å²) in [7, 11) is 1.51. The van der Waals surface area contributed by atoms with Crippen LogP contribution in [0, 0.1) is 0 Å². The summed E-state index contributed by atoms with van der Waals surface area (Å²) in [6.45, 7) is 3.86. The summed E-state index contributed by atoms with van der Waals surface area (Å²) in [4.78, 5) is 13.5. The first-order chi connectivity index (χ1) is 9.51. The number of benzene rings is 1. The summed E-state index contributed by atoms with van der Waals surface area (Å²) in [6.07, 6.45) is 0. The van der Waals surface area contributed by atoms with Crippen molar-refractivity contribution in [1.82, 2.24) is 5.32 Å². The molecule has 0 aliphatic rings. The number of hydrogen-bond donors (Lipinski definition) is 2. The third-order valence-corrected chi connectivity index (χ3v) is 3.85. The highest BCUT2D eigenvalue weighted by molar-refractivity contribution is 7.17. The van der Waals surface area contributed by atoms with Crippen molar-refractivity contribution in [1.29, 1.82) is 0 Å². The zero-order valence-electron chi connectivity index (χ0n) is 11.6. The molecule has 0 radical (unpaired) electrons. The number of thiophene rings is 1. The van der Waals surface area contributed by atoms with Crippen molar-refractivity contribution >= 4 is 17.2 Å². The van der Waals surface area contributed by atoms with Crippen molar-refractivity contribution in [3.63, 3.8) is 0 Å². The number of methoxy groups -OCH3 is 1. The number of carbonyl (C=O) groups excluding carboxylic acids is 1. The first-order valence-electron chi connectivity index (χ1n) is 6.29. The van der Waals surface area contributed by atoms with E-state index >= 15 is 0 Å². The van der Waals surface area contributed by atoms with Crippen LogP contribution in [0.25, 0.3) is 10.4 Å². The second-order valence-corrected chi connectivity index (χ2v) is 5.76. The molecule has 2 rings (SSSR count). The van der Waals surface area contributed by atoms with E-state index in [1.54, 1.807) is 24.3 Å². The van der Waals surface area contributed by atoms with Crippen molar-refractivity contribution < 1.29 is 14.6 Å². The molecular weight excluding hydrogens is 274 g/mol.